The van der Waals surface area contributed by atoms with Gasteiger partial charge in [0.1, 0.15) is 11.9 Å². The Bertz CT molecular complexity index is 1300. The van der Waals surface area contributed by atoms with Gasteiger partial charge in [-0.1, -0.05) is 48.5 Å². The van der Waals surface area contributed by atoms with E-state index in [0.29, 0.717) is 31.9 Å². The van der Waals surface area contributed by atoms with Gasteiger partial charge < -0.3 is 20.3 Å². The van der Waals surface area contributed by atoms with Gasteiger partial charge in [-0.05, 0) is 59.7 Å². The Morgan fingerprint density at radius 2 is 1.93 bits per heavy atom. The second-order valence-corrected chi connectivity index (χ2v) is 11.2. The van der Waals surface area contributed by atoms with E-state index in [-0.39, 0.29) is 30.9 Å². The summed E-state index contributed by atoms with van der Waals surface area (Å²) >= 11 is 1.61. The standard InChI is InChI=1S/C31H39N5O4S/c1-40-31(39)27(15-18-41-2)34-29(37)22-35(20-24-11-7-10-23-9-3-4-13-26(23)24)21-25-12-8-17-36(25)30(38)19-33-28-14-5-6-16-32-28/h3-7,9-11,13-14,16,25,27H,8,12,15,17-22H2,1-2H3,(H,32,33)(H,34,37)/t25-,27-/m0/s1. The number of esters is 1. The minimum atomic E-state index is -0.693. The van der Waals surface area contributed by atoms with Gasteiger partial charge in [0.05, 0.1) is 20.2 Å². The highest BCUT2D eigenvalue weighted by molar-refractivity contribution is 7.98. The number of carbonyl (C=O) groups is 3. The number of pyridine rings is 1. The fourth-order valence-electron chi connectivity index (χ4n) is 5.31. The number of amides is 2. The molecular weight excluding hydrogens is 538 g/mol. The molecule has 0 unspecified atom stereocenters. The van der Waals surface area contributed by atoms with Crippen molar-refractivity contribution in [3.05, 3.63) is 72.4 Å². The van der Waals surface area contributed by atoms with Crippen LogP contribution >= 0.6 is 11.8 Å². The number of benzene rings is 2. The molecule has 0 spiro atoms. The molecule has 2 aromatic carbocycles. The summed E-state index contributed by atoms with van der Waals surface area (Å²) in [5.41, 5.74) is 1.11. The lowest BCUT2D eigenvalue weighted by molar-refractivity contribution is -0.145. The van der Waals surface area contributed by atoms with Crippen molar-refractivity contribution in [2.45, 2.75) is 37.9 Å². The second kappa shape index (κ2) is 15.4. The summed E-state index contributed by atoms with van der Waals surface area (Å²) in [4.78, 5) is 47.1. The molecule has 1 aliphatic heterocycles. The first-order valence-electron chi connectivity index (χ1n) is 14.0. The molecule has 3 aromatic rings. The van der Waals surface area contributed by atoms with Crippen molar-refractivity contribution >= 4 is 46.1 Å². The molecule has 1 saturated heterocycles. The molecule has 1 aliphatic rings. The van der Waals surface area contributed by atoms with Gasteiger partial charge in [-0.2, -0.15) is 11.8 Å². The minimum Gasteiger partial charge on any atom is -0.467 e. The van der Waals surface area contributed by atoms with Crippen molar-refractivity contribution in [1.29, 1.82) is 0 Å². The summed E-state index contributed by atoms with van der Waals surface area (Å²) in [6, 6.07) is 19.2. The topological polar surface area (TPSA) is 104 Å². The highest BCUT2D eigenvalue weighted by Crippen LogP contribution is 2.23. The highest BCUT2D eigenvalue weighted by atomic mass is 32.2. The van der Waals surface area contributed by atoms with E-state index in [0.717, 1.165) is 34.9 Å². The van der Waals surface area contributed by atoms with Crippen molar-refractivity contribution < 1.29 is 19.1 Å². The summed E-state index contributed by atoms with van der Waals surface area (Å²) in [6.07, 6.45) is 5.92. The SMILES string of the molecule is COC(=O)[C@H](CCSC)NC(=O)CN(Cc1cccc2ccccc12)C[C@@H]1CCCN1C(=O)CNc1ccccn1. The zero-order valence-electron chi connectivity index (χ0n) is 23.8. The maximum atomic E-state index is 13.3. The highest BCUT2D eigenvalue weighted by Gasteiger charge is 2.31. The molecule has 1 aromatic heterocycles. The number of thioether (sulfide) groups is 1. The predicted octanol–water partition coefficient (Wildman–Crippen LogP) is 3.55. The van der Waals surface area contributed by atoms with Crippen molar-refractivity contribution in [2.24, 2.45) is 0 Å². The van der Waals surface area contributed by atoms with E-state index in [2.05, 4.69) is 44.8 Å². The van der Waals surface area contributed by atoms with E-state index in [9.17, 15) is 14.4 Å². The lowest BCUT2D eigenvalue weighted by atomic mass is 10.0. The van der Waals surface area contributed by atoms with E-state index >= 15 is 0 Å². The Morgan fingerprint density at radius 1 is 1.12 bits per heavy atom. The van der Waals surface area contributed by atoms with Crippen LogP contribution in [-0.2, 0) is 25.7 Å². The molecule has 10 heteroatoms. The Morgan fingerprint density at radius 3 is 2.71 bits per heavy atom. The van der Waals surface area contributed by atoms with E-state index in [1.807, 2.05) is 47.6 Å². The lowest BCUT2D eigenvalue weighted by Gasteiger charge is -2.31. The third kappa shape index (κ3) is 8.68. The van der Waals surface area contributed by atoms with Crippen LogP contribution in [0.2, 0.25) is 0 Å². The summed E-state index contributed by atoms with van der Waals surface area (Å²) in [7, 11) is 1.34. The smallest absolute Gasteiger partial charge is 0.328 e. The largest absolute Gasteiger partial charge is 0.467 e. The number of carbonyl (C=O) groups excluding carboxylic acids is 3. The number of fused-ring (bicyclic) bond motifs is 1. The van der Waals surface area contributed by atoms with Crippen LogP contribution in [0.4, 0.5) is 5.82 Å². The quantitative estimate of drug-likeness (QED) is 0.281. The molecule has 0 radical (unpaired) electrons. The van der Waals surface area contributed by atoms with E-state index in [1.165, 1.54) is 7.11 Å². The van der Waals surface area contributed by atoms with Crippen LogP contribution in [0.15, 0.2) is 66.9 Å². The predicted molar refractivity (Wildman–Crippen MR) is 164 cm³/mol. The van der Waals surface area contributed by atoms with E-state index < -0.39 is 12.0 Å². The summed E-state index contributed by atoms with van der Waals surface area (Å²) in [5, 5.41) is 8.27. The van der Waals surface area contributed by atoms with Crippen LogP contribution in [0.25, 0.3) is 10.8 Å². The van der Waals surface area contributed by atoms with Gasteiger partial charge in [-0.3, -0.25) is 14.5 Å². The zero-order chi connectivity index (χ0) is 29.0. The number of rotatable bonds is 14. The maximum Gasteiger partial charge on any atom is 0.328 e. The molecule has 2 N–H and O–H groups in total. The van der Waals surface area contributed by atoms with E-state index in [1.54, 1.807) is 18.0 Å². The minimum absolute atomic E-state index is 0.00976. The molecule has 0 saturated carbocycles. The fourth-order valence-corrected chi connectivity index (χ4v) is 5.78. The van der Waals surface area contributed by atoms with Crippen LogP contribution in [0, 0.1) is 0 Å². The Kier molecular flexibility index (Phi) is 11.4. The molecular formula is C31H39N5O4S. The van der Waals surface area contributed by atoms with Gasteiger partial charge in [-0.15, -0.1) is 0 Å². The molecule has 218 valence electrons. The fraction of sp³-hybridized carbons (Fsp3) is 0.419. The first-order valence-corrected chi connectivity index (χ1v) is 15.4. The number of nitrogens with one attached hydrogen (secondary N) is 2. The lowest BCUT2D eigenvalue weighted by Crippen LogP contribution is -2.49. The number of methoxy groups -OCH3 is 1. The van der Waals surface area contributed by atoms with Crippen LogP contribution in [-0.4, -0.2) is 89.9 Å². The normalized spacial score (nSPS) is 15.6. The number of hydrogen-bond acceptors (Lipinski definition) is 8. The average molecular weight is 578 g/mol. The summed E-state index contributed by atoms with van der Waals surface area (Å²) in [5.74, 6) is 0.712. The molecule has 2 atom stereocenters. The zero-order valence-corrected chi connectivity index (χ0v) is 24.6. The molecule has 0 bridgehead atoms. The third-order valence-electron chi connectivity index (χ3n) is 7.32. The molecule has 9 nitrogen and oxygen atoms in total. The van der Waals surface area contributed by atoms with Gasteiger partial charge in [0.15, 0.2) is 0 Å². The van der Waals surface area contributed by atoms with Crippen molar-refractivity contribution in [1.82, 2.24) is 20.1 Å². The number of nitrogens with zero attached hydrogens (tertiary/aromatic N) is 3. The second-order valence-electron chi connectivity index (χ2n) is 10.2. The van der Waals surface area contributed by atoms with Crippen LogP contribution in [0.3, 0.4) is 0 Å². The summed E-state index contributed by atoms with van der Waals surface area (Å²) < 4.78 is 4.93. The number of ether oxygens (including phenoxy) is 1. The Hall–Kier alpha value is -3.63. The molecule has 4 rings (SSSR count). The molecule has 2 heterocycles. The first kappa shape index (κ1) is 30.3. The van der Waals surface area contributed by atoms with Crippen LogP contribution in [0.1, 0.15) is 24.8 Å². The monoisotopic (exact) mass is 577 g/mol. The Labute approximate surface area is 246 Å². The molecule has 41 heavy (non-hydrogen) atoms. The van der Waals surface area contributed by atoms with Crippen LogP contribution < -0.4 is 10.6 Å². The van der Waals surface area contributed by atoms with Gasteiger partial charge in [-0.25, -0.2) is 9.78 Å². The van der Waals surface area contributed by atoms with E-state index in [4.69, 9.17) is 4.74 Å². The van der Waals surface area contributed by atoms with Crippen molar-refractivity contribution in [2.75, 3.05) is 50.6 Å². The van der Waals surface area contributed by atoms with Crippen molar-refractivity contribution in [3.63, 3.8) is 0 Å². The van der Waals surface area contributed by atoms with Gasteiger partial charge in [0, 0.05) is 31.9 Å². The molecule has 2 amide bonds. The number of likely N-dealkylation sites (tertiary alicyclic amines) is 1. The number of hydrogen-bond donors (Lipinski definition) is 2. The van der Waals surface area contributed by atoms with Gasteiger partial charge >= 0.3 is 5.97 Å². The number of aromatic nitrogens is 1. The molecule has 1 fully saturated rings. The number of anilines is 1. The maximum absolute atomic E-state index is 13.3. The third-order valence-corrected chi connectivity index (χ3v) is 7.97. The van der Waals surface area contributed by atoms with Crippen molar-refractivity contribution in [3.8, 4) is 0 Å². The van der Waals surface area contributed by atoms with Gasteiger partial charge in [0.2, 0.25) is 11.8 Å². The summed E-state index contributed by atoms with van der Waals surface area (Å²) in [6.45, 7) is 2.02. The Balaban J connectivity index is 1.49. The van der Waals surface area contributed by atoms with Crippen LogP contribution in [0.5, 0.6) is 0 Å². The van der Waals surface area contributed by atoms with Gasteiger partial charge in [0.25, 0.3) is 0 Å². The average Bonchev–Trinajstić information content (AvgIpc) is 3.46. The molecule has 0 aliphatic carbocycles. The first-order chi connectivity index (χ1) is 20.0.